The van der Waals surface area contributed by atoms with Gasteiger partial charge in [0.25, 0.3) is 0 Å². The molecule has 0 heterocycles. The van der Waals surface area contributed by atoms with E-state index in [0.29, 0.717) is 0 Å². The molecule has 96 valence electrons. The molecular formula is C16H32. The van der Waals surface area contributed by atoms with Gasteiger partial charge in [-0.3, -0.25) is 0 Å². The van der Waals surface area contributed by atoms with E-state index in [1.165, 1.54) is 51.4 Å². The Hall–Kier alpha value is -0.260. The minimum atomic E-state index is 0.719. The van der Waals surface area contributed by atoms with Crippen molar-refractivity contribution < 1.29 is 0 Å². The molecule has 0 bridgehead atoms. The van der Waals surface area contributed by atoms with Gasteiger partial charge in [-0.25, -0.2) is 0 Å². The molecule has 0 unspecified atom stereocenters. The third-order valence-electron chi connectivity index (χ3n) is 2.92. The summed E-state index contributed by atoms with van der Waals surface area (Å²) in [7, 11) is 0. The van der Waals surface area contributed by atoms with Crippen molar-refractivity contribution in [2.75, 3.05) is 0 Å². The first-order valence-corrected chi connectivity index (χ1v) is 7.29. The van der Waals surface area contributed by atoms with E-state index in [2.05, 4.69) is 39.8 Å². The van der Waals surface area contributed by atoms with Gasteiger partial charge in [0.15, 0.2) is 0 Å². The molecule has 0 aliphatic carbocycles. The van der Waals surface area contributed by atoms with Gasteiger partial charge in [-0.2, -0.15) is 0 Å². The van der Waals surface area contributed by atoms with E-state index in [-0.39, 0.29) is 0 Å². The van der Waals surface area contributed by atoms with Crippen molar-refractivity contribution in [3.05, 3.63) is 12.2 Å². The van der Waals surface area contributed by atoms with Crippen molar-refractivity contribution in [1.82, 2.24) is 0 Å². The Kier molecular flexibility index (Phi) is 11.0. The van der Waals surface area contributed by atoms with Crippen molar-refractivity contribution in [1.29, 1.82) is 0 Å². The van der Waals surface area contributed by atoms with Crippen LogP contribution in [0, 0.1) is 11.8 Å². The molecule has 0 fully saturated rings. The fourth-order valence-corrected chi connectivity index (χ4v) is 1.89. The molecule has 0 amide bonds. The van der Waals surface area contributed by atoms with Crippen molar-refractivity contribution in [2.24, 2.45) is 11.8 Å². The fourth-order valence-electron chi connectivity index (χ4n) is 1.89. The van der Waals surface area contributed by atoms with Crippen LogP contribution in [0.1, 0.15) is 79.1 Å². The molecule has 0 nitrogen and oxygen atoms in total. The number of hydrogen-bond acceptors (Lipinski definition) is 0. The van der Waals surface area contributed by atoms with Crippen LogP contribution in [0.3, 0.4) is 0 Å². The molecule has 0 aromatic rings. The van der Waals surface area contributed by atoms with Crippen LogP contribution < -0.4 is 0 Å². The molecule has 0 heteroatoms. The summed E-state index contributed by atoms with van der Waals surface area (Å²) in [5, 5.41) is 0. The van der Waals surface area contributed by atoms with Gasteiger partial charge in [-0.1, -0.05) is 78.4 Å². The summed E-state index contributed by atoms with van der Waals surface area (Å²) in [6, 6.07) is 0. The highest BCUT2D eigenvalue weighted by Crippen LogP contribution is 2.12. The maximum absolute atomic E-state index is 2.35. The molecule has 16 heavy (non-hydrogen) atoms. The molecule has 0 aromatic heterocycles. The second-order valence-corrected chi connectivity index (χ2v) is 5.76. The first-order valence-electron chi connectivity index (χ1n) is 7.29. The molecule has 0 atom stereocenters. The van der Waals surface area contributed by atoms with Crippen LogP contribution in [0.5, 0.6) is 0 Å². The smallest absolute Gasteiger partial charge is 0.0290 e. The van der Waals surface area contributed by atoms with Crippen LogP contribution in [0.2, 0.25) is 0 Å². The predicted molar refractivity (Wildman–Crippen MR) is 75.8 cm³/mol. The van der Waals surface area contributed by atoms with Gasteiger partial charge in [0.2, 0.25) is 0 Å². The summed E-state index contributed by atoms with van der Waals surface area (Å²) in [4.78, 5) is 0. The van der Waals surface area contributed by atoms with Gasteiger partial charge in [0.1, 0.15) is 0 Å². The fraction of sp³-hybridized carbons (Fsp3) is 0.875. The van der Waals surface area contributed by atoms with E-state index in [1.807, 2.05) is 0 Å². The zero-order valence-electron chi connectivity index (χ0n) is 12.0. The van der Waals surface area contributed by atoms with Crippen LogP contribution in [0.25, 0.3) is 0 Å². The number of rotatable bonds is 10. The van der Waals surface area contributed by atoms with Crippen molar-refractivity contribution in [3.8, 4) is 0 Å². The minimum absolute atomic E-state index is 0.719. The first kappa shape index (κ1) is 15.7. The van der Waals surface area contributed by atoms with Crippen LogP contribution in [0.4, 0.5) is 0 Å². The van der Waals surface area contributed by atoms with Gasteiger partial charge < -0.3 is 0 Å². The summed E-state index contributed by atoms with van der Waals surface area (Å²) in [5.41, 5.74) is 0. The van der Waals surface area contributed by atoms with E-state index in [9.17, 15) is 0 Å². The number of allylic oxidation sites excluding steroid dienone is 2. The lowest BCUT2D eigenvalue weighted by Gasteiger charge is -2.03. The second kappa shape index (κ2) is 11.2. The average molecular weight is 224 g/mol. The van der Waals surface area contributed by atoms with Crippen molar-refractivity contribution >= 4 is 0 Å². The maximum atomic E-state index is 2.35. The van der Waals surface area contributed by atoms with Gasteiger partial charge in [0.05, 0.1) is 0 Å². The molecule has 0 N–H and O–H groups in total. The summed E-state index contributed by atoms with van der Waals surface area (Å²) in [6.45, 7) is 9.12. The Morgan fingerprint density at radius 3 is 1.88 bits per heavy atom. The first-order chi connectivity index (χ1) is 7.63. The predicted octanol–water partition coefficient (Wildman–Crippen LogP) is 5.98. The van der Waals surface area contributed by atoms with Crippen molar-refractivity contribution in [2.45, 2.75) is 79.1 Å². The standard InChI is InChI=1S/C16H32/c1-15(2)13-11-9-7-5-6-8-10-12-14-16(3)4/h11,13,15-16H,5-10,12,14H2,1-4H3/b13-11+. The maximum Gasteiger partial charge on any atom is -0.0290 e. The Bertz CT molecular complexity index is 153. The highest BCUT2D eigenvalue weighted by Gasteiger charge is 1.94. The average Bonchev–Trinajstić information content (AvgIpc) is 2.20. The number of unbranched alkanes of at least 4 members (excludes halogenated alkanes) is 6. The molecule has 0 spiro atoms. The summed E-state index contributed by atoms with van der Waals surface area (Å²) >= 11 is 0. The molecule has 0 aromatic carbocycles. The molecule has 0 saturated carbocycles. The zero-order valence-corrected chi connectivity index (χ0v) is 12.0. The van der Waals surface area contributed by atoms with Gasteiger partial charge in [-0.05, 0) is 24.7 Å². The lowest BCUT2D eigenvalue weighted by Crippen LogP contribution is -1.87. The molecule has 0 rings (SSSR count). The van der Waals surface area contributed by atoms with Crippen molar-refractivity contribution in [3.63, 3.8) is 0 Å². The van der Waals surface area contributed by atoms with E-state index in [0.717, 1.165) is 11.8 Å². The highest BCUT2D eigenvalue weighted by molar-refractivity contribution is 4.83. The van der Waals surface area contributed by atoms with Crippen LogP contribution in [-0.4, -0.2) is 0 Å². The summed E-state index contributed by atoms with van der Waals surface area (Å²) in [6.07, 6.45) is 15.9. The molecule has 0 aliphatic rings. The quantitative estimate of drug-likeness (QED) is 0.316. The molecule has 0 saturated heterocycles. The second-order valence-electron chi connectivity index (χ2n) is 5.76. The van der Waals surface area contributed by atoms with Crippen LogP contribution >= 0.6 is 0 Å². The lowest BCUT2D eigenvalue weighted by molar-refractivity contribution is 0.512. The monoisotopic (exact) mass is 224 g/mol. The highest BCUT2D eigenvalue weighted by atomic mass is 14.0. The van der Waals surface area contributed by atoms with Crippen LogP contribution in [0.15, 0.2) is 12.2 Å². The molecular weight excluding hydrogens is 192 g/mol. The Labute approximate surface area is 104 Å². The van der Waals surface area contributed by atoms with Gasteiger partial charge in [-0.15, -0.1) is 0 Å². The molecule has 0 aliphatic heterocycles. The van der Waals surface area contributed by atoms with Gasteiger partial charge in [0, 0.05) is 0 Å². The lowest BCUT2D eigenvalue weighted by atomic mass is 10.0. The Morgan fingerprint density at radius 1 is 0.750 bits per heavy atom. The normalized spacial score (nSPS) is 12.1. The topological polar surface area (TPSA) is 0 Å². The SMILES string of the molecule is CC(C)/C=C/CCCCCCCCC(C)C. The third-order valence-corrected chi connectivity index (χ3v) is 2.92. The van der Waals surface area contributed by atoms with E-state index >= 15 is 0 Å². The molecule has 0 radical (unpaired) electrons. The van der Waals surface area contributed by atoms with E-state index in [1.54, 1.807) is 0 Å². The van der Waals surface area contributed by atoms with Crippen LogP contribution in [-0.2, 0) is 0 Å². The summed E-state index contributed by atoms with van der Waals surface area (Å²) in [5.74, 6) is 1.61. The summed E-state index contributed by atoms with van der Waals surface area (Å²) < 4.78 is 0. The minimum Gasteiger partial charge on any atom is -0.0883 e. The zero-order chi connectivity index (χ0) is 12.2. The van der Waals surface area contributed by atoms with E-state index < -0.39 is 0 Å². The van der Waals surface area contributed by atoms with E-state index in [4.69, 9.17) is 0 Å². The Balaban J connectivity index is 3.04. The number of hydrogen-bond donors (Lipinski definition) is 0. The Morgan fingerprint density at radius 2 is 1.31 bits per heavy atom. The van der Waals surface area contributed by atoms with Gasteiger partial charge >= 0.3 is 0 Å². The largest absolute Gasteiger partial charge is 0.0883 e. The third kappa shape index (κ3) is 13.7.